The first kappa shape index (κ1) is 18.4. The van der Waals surface area contributed by atoms with Crippen molar-refractivity contribution in [2.24, 2.45) is 0 Å². The Hall–Kier alpha value is -2.62. The van der Waals surface area contributed by atoms with Gasteiger partial charge in [-0.25, -0.2) is 13.4 Å². The van der Waals surface area contributed by atoms with Gasteiger partial charge in [-0.2, -0.15) is 4.31 Å². The summed E-state index contributed by atoms with van der Waals surface area (Å²) >= 11 is 6.29. The summed E-state index contributed by atoms with van der Waals surface area (Å²) in [6.07, 6.45) is 1.38. The molecular weight excluding hydrogens is 416 g/mol. The van der Waals surface area contributed by atoms with Gasteiger partial charge in [-0.1, -0.05) is 23.7 Å². The molecule has 1 amide bonds. The molecule has 0 saturated carbocycles. The SMILES string of the molecule is O=C1COc2cc(S(=O)(=O)N3CCCC3c3nc4ccccc4[nH]3)c(Cl)cc2N1. The van der Waals surface area contributed by atoms with Crippen LogP contribution in [0.2, 0.25) is 5.02 Å². The van der Waals surface area contributed by atoms with Crippen molar-refractivity contribution in [2.45, 2.75) is 23.8 Å². The number of benzene rings is 2. The van der Waals surface area contributed by atoms with Crippen LogP contribution in [-0.2, 0) is 14.8 Å². The quantitative estimate of drug-likeness (QED) is 0.661. The van der Waals surface area contributed by atoms with Crippen molar-refractivity contribution < 1.29 is 17.9 Å². The van der Waals surface area contributed by atoms with Crippen LogP contribution in [0, 0.1) is 0 Å². The number of fused-ring (bicyclic) bond motifs is 2. The second kappa shape index (κ2) is 6.72. The second-order valence-corrected chi connectivity index (χ2v) is 9.29. The molecule has 2 N–H and O–H groups in total. The fraction of sp³-hybridized carbons (Fsp3) is 0.263. The van der Waals surface area contributed by atoms with Crippen molar-refractivity contribution in [3.05, 3.63) is 47.2 Å². The molecule has 1 unspecified atom stereocenters. The van der Waals surface area contributed by atoms with E-state index in [9.17, 15) is 13.2 Å². The Bertz CT molecular complexity index is 1210. The van der Waals surface area contributed by atoms with Gasteiger partial charge in [-0.15, -0.1) is 0 Å². The molecule has 2 aromatic carbocycles. The van der Waals surface area contributed by atoms with Gasteiger partial charge in [0.15, 0.2) is 6.61 Å². The lowest BCUT2D eigenvalue weighted by atomic mass is 10.2. The van der Waals surface area contributed by atoms with E-state index < -0.39 is 16.1 Å². The van der Waals surface area contributed by atoms with Crippen molar-refractivity contribution in [1.82, 2.24) is 14.3 Å². The number of amides is 1. The van der Waals surface area contributed by atoms with Crippen LogP contribution in [0.25, 0.3) is 11.0 Å². The lowest BCUT2D eigenvalue weighted by Crippen LogP contribution is -2.32. The van der Waals surface area contributed by atoms with E-state index in [0.717, 1.165) is 17.5 Å². The van der Waals surface area contributed by atoms with Gasteiger partial charge in [0.25, 0.3) is 5.91 Å². The van der Waals surface area contributed by atoms with Gasteiger partial charge in [-0.3, -0.25) is 4.79 Å². The summed E-state index contributed by atoms with van der Waals surface area (Å²) in [6, 6.07) is 9.97. The molecule has 3 heterocycles. The monoisotopic (exact) mass is 432 g/mol. The summed E-state index contributed by atoms with van der Waals surface area (Å²) in [5.74, 6) is 0.589. The van der Waals surface area contributed by atoms with Crippen LogP contribution in [0.5, 0.6) is 5.75 Å². The van der Waals surface area contributed by atoms with Crippen molar-refractivity contribution in [1.29, 1.82) is 0 Å². The number of ether oxygens (including phenoxy) is 1. The largest absolute Gasteiger partial charge is 0.482 e. The molecule has 5 rings (SSSR count). The van der Waals surface area contributed by atoms with E-state index in [0.29, 0.717) is 24.5 Å². The fourth-order valence-electron chi connectivity index (χ4n) is 3.84. The maximum Gasteiger partial charge on any atom is 0.262 e. The molecular formula is C19H17ClN4O4S. The fourth-order valence-corrected chi connectivity index (χ4v) is 6.02. The molecule has 8 nitrogen and oxygen atoms in total. The molecule has 1 fully saturated rings. The van der Waals surface area contributed by atoms with Gasteiger partial charge in [-0.05, 0) is 31.0 Å². The number of carbonyl (C=O) groups excluding carboxylic acids is 1. The summed E-state index contributed by atoms with van der Waals surface area (Å²) in [5.41, 5.74) is 2.02. The highest BCUT2D eigenvalue weighted by Crippen LogP contribution is 2.41. The molecule has 150 valence electrons. The Labute approximate surface area is 171 Å². The van der Waals surface area contributed by atoms with E-state index in [-0.39, 0.29) is 28.2 Å². The third-order valence-electron chi connectivity index (χ3n) is 5.18. The van der Waals surface area contributed by atoms with Gasteiger partial charge < -0.3 is 15.0 Å². The Morgan fingerprint density at radius 3 is 2.90 bits per heavy atom. The summed E-state index contributed by atoms with van der Waals surface area (Å²) in [7, 11) is -3.90. The van der Waals surface area contributed by atoms with Crippen LogP contribution in [0.1, 0.15) is 24.7 Å². The third-order valence-corrected chi connectivity index (χ3v) is 7.55. The third kappa shape index (κ3) is 3.06. The number of rotatable bonds is 3. The Kier molecular flexibility index (Phi) is 4.27. The van der Waals surface area contributed by atoms with Crippen LogP contribution in [0.3, 0.4) is 0 Å². The van der Waals surface area contributed by atoms with Crippen LogP contribution in [-0.4, -0.2) is 41.7 Å². The van der Waals surface area contributed by atoms with E-state index in [1.165, 1.54) is 16.4 Å². The number of para-hydroxylation sites is 2. The number of halogens is 1. The van der Waals surface area contributed by atoms with E-state index in [1.54, 1.807) is 0 Å². The zero-order valence-electron chi connectivity index (χ0n) is 15.2. The molecule has 0 spiro atoms. The Balaban J connectivity index is 1.54. The number of hydrogen-bond donors (Lipinski definition) is 2. The predicted octanol–water partition coefficient (Wildman–Crippen LogP) is 3.07. The van der Waals surface area contributed by atoms with Crippen molar-refractivity contribution >= 4 is 44.3 Å². The molecule has 3 aromatic rings. The molecule has 2 aliphatic heterocycles. The highest BCUT2D eigenvalue weighted by Gasteiger charge is 2.39. The molecule has 1 saturated heterocycles. The smallest absolute Gasteiger partial charge is 0.262 e. The van der Waals surface area contributed by atoms with Crippen molar-refractivity contribution in [2.75, 3.05) is 18.5 Å². The van der Waals surface area contributed by atoms with Crippen molar-refractivity contribution in [3.63, 3.8) is 0 Å². The number of hydrogen-bond acceptors (Lipinski definition) is 5. The van der Waals surface area contributed by atoms with E-state index >= 15 is 0 Å². The lowest BCUT2D eigenvalue weighted by molar-refractivity contribution is -0.118. The van der Waals surface area contributed by atoms with Crippen LogP contribution in [0.15, 0.2) is 41.3 Å². The molecule has 2 aliphatic rings. The van der Waals surface area contributed by atoms with Crippen LogP contribution in [0.4, 0.5) is 5.69 Å². The molecule has 1 atom stereocenters. The number of carbonyl (C=O) groups is 1. The first-order valence-corrected chi connectivity index (χ1v) is 11.0. The number of imidazole rings is 1. The van der Waals surface area contributed by atoms with Crippen LogP contribution >= 0.6 is 11.6 Å². The average Bonchev–Trinajstić information content (AvgIpc) is 3.34. The number of nitrogens with zero attached hydrogens (tertiary/aromatic N) is 2. The number of sulfonamides is 1. The zero-order valence-corrected chi connectivity index (χ0v) is 16.8. The molecule has 0 radical (unpaired) electrons. The molecule has 1 aromatic heterocycles. The van der Waals surface area contributed by atoms with E-state index in [2.05, 4.69) is 15.3 Å². The second-order valence-electron chi connectivity index (χ2n) is 7.03. The Morgan fingerprint density at radius 2 is 2.07 bits per heavy atom. The zero-order chi connectivity index (χ0) is 20.2. The van der Waals surface area contributed by atoms with E-state index in [4.69, 9.17) is 16.3 Å². The summed E-state index contributed by atoms with van der Waals surface area (Å²) < 4.78 is 33.7. The van der Waals surface area contributed by atoms with E-state index in [1.807, 2.05) is 24.3 Å². The highest BCUT2D eigenvalue weighted by molar-refractivity contribution is 7.89. The summed E-state index contributed by atoms with van der Waals surface area (Å²) in [5, 5.41) is 2.66. The van der Waals surface area contributed by atoms with Gasteiger partial charge in [0.2, 0.25) is 10.0 Å². The number of aromatic nitrogens is 2. The molecule has 0 bridgehead atoms. The minimum atomic E-state index is -3.90. The standard InChI is InChI=1S/C19H17ClN4O4S/c20-11-8-14-16(28-10-18(25)21-14)9-17(11)29(26,27)24-7-3-6-15(24)19-22-12-4-1-2-5-13(12)23-19/h1-2,4-5,8-9,15H,3,6-7,10H2,(H,21,25)(H,22,23). The topological polar surface area (TPSA) is 104 Å². The summed E-state index contributed by atoms with van der Waals surface area (Å²) in [6.45, 7) is 0.203. The molecule has 29 heavy (non-hydrogen) atoms. The number of H-pyrrole nitrogens is 1. The van der Waals surface area contributed by atoms with Gasteiger partial charge in [0.1, 0.15) is 16.5 Å². The molecule has 0 aliphatic carbocycles. The predicted molar refractivity (Wildman–Crippen MR) is 108 cm³/mol. The van der Waals surface area contributed by atoms with Crippen molar-refractivity contribution in [3.8, 4) is 5.75 Å². The first-order chi connectivity index (χ1) is 13.9. The number of anilines is 1. The average molecular weight is 433 g/mol. The number of aromatic amines is 1. The molecule has 10 heteroatoms. The highest BCUT2D eigenvalue weighted by atomic mass is 35.5. The maximum atomic E-state index is 13.5. The Morgan fingerprint density at radius 1 is 1.24 bits per heavy atom. The normalized spacial score (nSPS) is 19.8. The van der Waals surface area contributed by atoms with Gasteiger partial charge in [0.05, 0.1) is 27.8 Å². The number of nitrogens with one attached hydrogen (secondary N) is 2. The lowest BCUT2D eigenvalue weighted by Gasteiger charge is -2.25. The maximum absolute atomic E-state index is 13.5. The minimum Gasteiger partial charge on any atom is -0.482 e. The van der Waals surface area contributed by atoms with Gasteiger partial charge in [0, 0.05) is 12.6 Å². The summed E-state index contributed by atoms with van der Waals surface area (Å²) in [4.78, 5) is 19.3. The minimum absolute atomic E-state index is 0.0322. The van der Waals surface area contributed by atoms with Gasteiger partial charge >= 0.3 is 0 Å². The van der Waals surface area contributed by atoms with Crippen LogP contribution < -0.4 is 10.1 Å². The first-order valence-electron chi connectivity index (χ1n) is 9.16.